The first-order chi connectivity index (χ1) is 8.97. The maximum atomic E-state index is 12.0. The number of hydrogen-bond donors (Lipinski definition) is 2. The van der Waals surface area contributed by atoms with Crippen LogP contribution in [0.3, 0.4) is 0 Å². The highest BCUT2D eigenvalue weighted by atomic mass is 32.2. The third kappa shape index (κ3) is 5.23. The van der Waals surface area contributed by atoms with Crippen LogP contribution in [-0.2, 0) is 16.8 Å². The highest BCUT2D eigenvalue weighted by molar-refractivity contribution is 7.87. The molecule has 0 aliphatic heterocycles. The summed E-state index contributed by atoms with van der Waals surface area (Å²) >= 11 is 0. The molecule has 6 nitrogen and oxygen atoms in total. The molecule has 0 saturated carbocycles. The number of pyridine rings is 1. The van der Waals surface area contributed by atoms with Crippen molar-refractivity contribution in [2.45, 2.75) is 19.9 Å². The Balaban J connectivity index is 2.53. The quantitative estimate of drug-likeness (QED) is 0.673. The van der Waals surface area contributed by atoms with Gasteiger partial charge in [-0.3, -0.25) is 4.98 Å². The van der Waals surface area contributed by atoms with Crippen molar-refractivity contribution >= 4 is 10.2 Å². The van der Waals surface area contributed by atoms with Crippen molar-refractivity contribution in [2.75, 3.05) is 27.2 Å². The van der Waals surface area contributed by atoms with Crippen molar-refractivity contribution in [1.29, 1.82) is 0 Å². The number of nitrogens with one attached hydrogen (secondary N) is 2. The van der Waals surface area contributed by atoms with Crippen molar-refractivity contribution in [3.05, 3.63) is 29.6 Å². The van der Waals surface area contributed by atoms with Crippen LogP contribution in [0, 0.1) is 6.92 Å². The molecule has 0 bridgehead atoms. The summed E-state index contributed by atoms with van der Waals surface area (Å²) in [7, 11) is -0.00528. The lowest BCUT2D eigenvalue weighted by atomic mass is 10.2. The van der Waals surface area contributed by atoms with Crippen LogP contribution in [0.2, 0.25) is 0 Å². The molecule has 7 heteroatoms. The van der Waals surface area contributed by atoms with Crippen LogP contribution in [0.1, 0.15) is 17.5 Å². The van der Waals surface area contributed by atoms with Crippen LogP contribution >= 0.6 is 0 Å². The summed E-state index contributed by atoms with van der Waals surface area (Å²) in [6.45, 7) is 3.48. The molecule has 0 saturated heterocycles. The van der Waals surface area contributed by atoms with Crippen molar-refractivity contribution in [2.24, 2.45) is 0 Å². The van der Waals surface area contributed by atoms with Crippen LogP contribution in [0.4, 0.5) is 0 Å². The van der Waals surface area contributed by atoms with Crippen LogP contribution in [0.5, 0.6) is 0 Å². The molecule has 0 aliphatic rings. The van der Waals surface area contributed by atoms with Gasteiger partial charge in [-0.1, -0.05) is 0 Å². The van der Waals surface area contributed by atoms with Gasteiger partial charge in [0.2, 0.25) is 0 Å². The average Bonchev–Trinajstić information content (AvgIpc) is 2.38. The Labute approximate surface area is 115 Å². The van der Waals surface area contributed by atoms with Crippen molar-refractivity contribution < 1.29 is 8.42 Å². The zero-order chi connectivity index (χ0) is 14.3. The first kappa shape index (κ1) is 16.0. The van der Waals surface area contributed by atoms with Gasteiger partial charge < -0.3 is 5.32 Å². The van der Waals surface area contributed by atoms with Gasteiger partial charge in [0.05, 0.1) is 0 Å². The second kappa shape index (κ2) is 7.54. The Morgan fingerprint density at radius 3 is 2.79 bits per heavy atom. The number of aromatic nitrogens is 1. The number of aryl methyl sites for hydroxylation is 1. The predicted molar refractivity (Wildman–Crippen MR) is 75.9 cm³/mol. The third-order valence-corrected chi connectivity index (χ3v) is 4.41. The van der Waals surface area contributed by atoms with Gasteiger partial charge in [0.25, 0.3) is 10.2 Å². The normalized spacial score (nSPS) is 12.0. The predicted octanol–water partition coefficient (Wildman–Crippen LogP) is 0.266. The van der Waals surface area contributed by atoms with E-state index in [1.165, 1.54) is 4.31 Å². The maximum absolute atomic E-state index is 12.0. The molecular formula is C12H22N4O2S. The van der Waals surface area contributed by atoms with Gasteiger partial charge >= 0.3 is 0 Å². The summed E-state index contributed by atoms with van der Waals surface area (Å²) in [6.07, 6.45) is 4.15. The molecule has 1 aromatic rings. The van der Waals surface area contributed by atoms with Crippen molar-refractivity contribution in [3.63, 3.8) is 0 Å². The van der Waals surface area contributed by atoms with E-state index in [0.717, 1.165) is 24.1 Å². The summed E-state index contributed by atoms with van der Waals surface area (Å²) in [5.74, 6) is 0. The molecule has 1 aromatic heterocycles. The second-order valence-corrected chi connectivity index (χ2v) is 6.27. The van der Waals surface area contributed by atoms with Crippen molar-refractivity contribution in [3.8, 4) is 0 Å². The standard InChI is InChI=1S/C12H22N4O2S/c1-11-5-7-14-9-12(11)10-15-19(17,18)16(3)8-4-6-13-2/h5,7,9,13,15H,4,6,8,10H2,1-3H3. The Bertz CT molecular complexity index is 490. The van der Waals surface area contributed by atoms with Crippen LogP contribution in [0.25, 0.3) is 0 Å². The Morgan fingerprint density at radius 2 is 2.16 bits per heavy atom. The fourth-order valence-corrected chi connectivity index (χ4v) is 2.49. The topological polar surface area (TPSA) is 74.3 Å². The van der Waals surface area contributed by atoms with Gasteiger partial charge in [-0.15, -0.1) is 0 Å². The molecule has 0 fully saturated rings. The van der Waals surface area contributed by atoms with Crippen LogP contribution in [-0.4, -0.2) is 44.9 Å². The minimum atomic E-state index is -3.43. The number of rotatable bonds is 8. The number of nitrogens with zero attached hydrogens (tertiary/aromatic N) is 2. The Hall–Kier alpha value is -1.02. The molecule has 19 heavy (non-hydrogen) atoms. The first-order valence-electron chi connectivity index (χ1n) is 6.22. The van der Waals surface area contributed by atoms with E-state index in [1.807, 2.05) is 20.0 Å². The molecule has 2 N–H and O–H groups in total. The fourth-order valence-electron chi connectivity index (χ4n) is 1.56. The SMILES string of the molecule is CNCCCN(C)S(=O)(=O)NCc1cnccc1C. The smallest absolute Gasteiger partial charge is 0.279 e. The molecule has 0 amide bonds. The van der Waals surface area contributed by atoms with E-state index in [4.69, 9.17) is 0 Å². The lowest BCUT2D eigenvalue weighted by Crippen LogP contribution is -2.39. The largest absolute Gasteiger partial charge is 0.320 e. The molecule has 1 rings (SSSR count). The van der Waals surface area contributed by atoms with Gasteiger partial charge in [0.15, 0.2) is 0 Å². The maximum Gasteiger partial charge on any atom is 0.279 e. The molecular weight excluding hydrogens is 264 g/mol. The van der Waals surface area contributed by atoms with Crippen LogP contribution < -0.4 is 10.0 Å². The van der Waals surface area contributed by atoms with E-state index in [2.05, 4.69) is 15.0 Å². The first-order valence-corrected chi connectivity index (χ1v) is 7.66. The minimum Gasteiger partial charge on any atom is -0.320 e. The molecule has 0 atom stereocenters. The van der Waals surface area contributed by atoms with Gasteiger partial charge in [0.1, 0.15) is 0 Å². The van der Waals surface area contributed by atoms with E-state index in [0.29, 0.717) is 6.54 Å². The van der Waals surface area contributed by atoms with E-state index < -0.39 is 10.2 Å². The average molecular weight is 286 g/mol. The molecule has 0 spiro atoms. The monoisotopic (exact) mass is 286 g/mol. The van der Waals surface area contributed by atoms with Gasteiger partial charge in [-0.25, -0.2) is 0 Å². The summed E-state index contributed by atoms with van der Waals surface area (Å²) < 4.78 is 27.9. The zero-order valence-electron chi connectivity index (χ0n) is 11.7. The molecule has 0 aliphatic carbocycles. The van der Waals surface area contributed by atoms with E-state index in [9.17, 15) is 8.42 Å². The second-order valence-electron chi connectivity index (χ2n) is 4.41. The lowest BCUT2D eigenvalue weighted by Gasteiger charge is -2.17. The molecule has 108 valence electrons. The molecule has 0 unspecified atom stereocenters. The van der Waals surface area contributed by atoms with E-state index in [1.54, 1.807) is 19.4 Å². The van der Waals surface area contributed by atoms with Gasteiger partial charge in [0, 0.05) is 32.5 Å². The zero-order valence-corrected chi connectivity index (χ0v) is 12.5. The summed E-state index contributed by atoms with van der Waals surface area (Å²) in [6, 6.07) is 1.86. The molecule has 1 heterocycles. The van der Waals surface area contributed by atoms with Gasteiger partial charge in [-0.05, 0) is 44.1 Å². The van der Waals surface area contributed by atoms with Gasteiger partial charge in [-0.2, -0.15) is 17.4 Å². The Morgan fingerprint density at radius 1 is 1.42 bits per heavy atom. The summed E-state index contributed by atoms with van der Waals surface area (Å²) in [4.78, 5) is 4.00. The van der Waals surface area contributed by atoms with Crippen LogP contribution in [0.15, 0.2) is 18.5 Å². The fraction of sp³-hybridized carbons (Fsp3) is 0.583. The molecule has 0 radical (unpaired) electrons. The highest BCUT2D eigenvalue weighted by Crippen LogP contribution is 2.05. The lowest BCUT2D eigenvalue weighted by molar-refractivity contribution is 0.447. The third-order valence-electron chi connectivity index (χ3n) is 2.90. The van der Waals surface area contributed by atoms with Crippen molar-refractivity contribution in [1.82, 2.24) is 19.3 Å². The molecule has 0 aromatic carbocycles. The minimum absolute atomic E-state index is 0.262. The van der Waals surface area contributed by atoms with E-state index in [-0.39, 0.29) is 6.54 Å². The Kier molecular flexibility index (Phi) is 6.36. The number of hydrogen-bond acceptors (Lipinski definition) is 4. The summed E-state index contributed by atoms with van der Waals surface area (Å²) in [5, 5.41) is 2.99. The van der Waals surface area contributed by atoms with E-state index >= 15 is 0 Å². The highest BCUT2D eigenvalue weighted by Gasteiger charge is 2.16. The summed E-state index contributed by atoms with van der Waals surface area (Å²) in [5.41, 5.74) is 1.91.